The van der Waals surface area contributed by atoms with Gasteiger partial charge < -0.3 is 10.3 Å². The Morgan fingerprint density at radius 3 is 3.10 bits per heavy atom. The molecule has 0 spiro atoms. The van der Waals surface area contributed by atoms with Crippen LogP contribution in [-0.4, -0.2) is 26.7 Å². The van der Waals surface area contributed by atoms with Crippen molar-refractivity contribution in [2.75, 3.05) is 11.9 Å². The van der Waals surface area contributed by atoms with Crippen molar-refractivity contribution in [1.82, 2.24) is 20.2 Å². The number of thiophene rings is 2. The minimum atomic E-state index is -0.0120. The quantitative estimate of drug-likeness (QED) is 0.332. The lowest BCUT2D eigenvalue weighted by molar-refractivity contribution is 0.509. The van der Waals surface area contributed by atoms with Gasteiger partial charge in [-0.1, -0.05) is 36.1 Å². The zero-order valence-corrected chi connectivity index (χ0v) is 20.6. The molecule has 0 bridgehead atoms. The van der Waals surface area contributed by atoms with Crippen LogP contribution in [0.2, 0.25) is 0 Å². The van der Waals surface area contributed by atoms with Gasteiger partial charge in [-0.2, -0.15) is 0 Å². The largest absolute Gasteiger partial charge is 0.360 e. The smallest absolute Gasteiger partial charge is 0.259 e. The predicted molar refractivity (Wildman–Crippen MR) is 132 cm³/mol. The minimum Gasteiger partial charge on any atom is -0.360 e. The third-order valence-corrected chi connectivity index (χ3v) is 9.64. The van der Waals surface area contributed by atoms with Gasteiger partial charge >= 0.3 is 0 Å². The molecule has 10 heteroatoms. The summed E-state index contributed by atoms with van der Waals surface area (Å²) in [7, 11) is 0. The second kappa shape index (κ2) is 9.01. The number of aryl methyl sites for hydroxylation is 1. The van der Waals surface area contributed by atoms with Gasteiger partial charge in [0, 0.05) is 16.3 Å². The lowest BCUT2D eigenvalue weighted by Crippen LogP contribution is -2.15. The standard InChI is InChI=1S/C21H23N5OS4/c1-11-5-6-14-15(10-11)30-19-16(14)18(27)23-17(24-19)12(2)29-21-26-25-20(31-21)22-8-7-13-4-3-9-28-13/h3-4,9,11-12H,5-8,10H2,1-2H3,(H,22,25)(H,23,24,27)/t11-,12+/m0/s1. The molecule has 0 amide bonds. The van der Waals surface area contributed by atoms with E-state index in [9.17, 15) is 4.79 Å². The molecular formula is C21H23N5OS4. The molecule has 4 aromatic rings. The molecule has 0 fully saturated rings. The zero-order valence-electron chi connectivity index (χ0n) is 17.3. The molecule has 1 aliphatic rings. The van der Waals surface area contributed by atoms with Crippen LogP contribution in [0.3, 0.4) is 0 Å². The maximum Gasteiger partial charge on any atom is 0.259 e. The van der Waals surface area contributed by atoms with Crippen LogP contribution in [0.5, 0.6) is 0 Å². The molecule has 1 aliphatic carbocycles. The molecule has 0 saturated heterocycles. The van der Waals surface area contributed by atoms with E-state index in [4.69, 9.17) is 4.98 Å². The van der Waals surface area contributed by atoms with Crippen LogP contribution >= 0.6 is 45.8 Å². The van der Waals surface area contributed by atoms with Crippen LogP contribution in [0.4, 0.5) is 5.13 Å². The van der Waals surface area contributed by atoms with E-state index < -0.39 is 0 Å². The zero-order chi connectivity index (χ0) is 21.4. The maximum absolute atomic E-state index is 12.9. The Bertz CT molecular complexity index is 1240. The van der Waals surface area contributed by atoms with Crippen LogP contribution in [0, 0.1) is 5.92 Å². The average molecular weight is 490 g/mol. The number of hydrogen-bond acceptors (Lipinski definition) is 9. The van der Waals surface area contributed by atoms with Crippen LogP contribution in [0.1, 0.15) is 46.7 Å². The van der Waals surface area contributed by atoms with Gasteiger partial charge in [0.05, 0.1) is 10.6 Å². The number of aromatic amines is 1. The van der Waals surface area contributed by atoms with Gasteiger partial charge in [0.15, 0.2) is 4.34 Å². The Balaban J connectivity index is 1.27. The number of H-pyrrole nitrogens is 1. The van der Waals surface area contributed by atoms with Gasteiger partial charge in [-0.3, -0.25) is 4.79 Å². The van der Waals surface area contributed by atoms with E-state index in [-0.39, 0.29) is 10.8 Å². The lowest BCUT2D eigenvalue weighted by atomic mass is 9.89. The van der Waals surface area contributed by atoms with Crippen LogP contribution in [0.15, 0.2) is 26.6 Å². The fourth-order valence-electron chi connectivity index (χ4n) is 3.84. The monoisotopic (exact) mass is 489 g/mol. The molecule has 0 saturated carbocycles. The third kappa shape index (κ3) is 4.57. The Hall–Kier alpha value is -1.75. The summed E-state index contributed by atoms with van der Waals surface area (Å²) < 4.78 is 0.869. The van der Waals surface area contributed by atoms with Crippen LogP contribution in [0.25, 0.3) is 10.2 Å². The topological polar surface area (TPSA) is 83.6 Å². The first-order chi connectivity index (χ1) is 15.1. The summed E-state index contributed by atoms with van der Waals surface area (Å²) in [4.78, 5) is 24.3. The fourth-order valence-corrected chi connectivity index (χ4v) is 7.92. The van der Waals surface area contributed by atoms with Crippen molar-refractivity contribution in [3.8, 4) is 0 Å². The van der Waals surface area contributed by atoms with E-state index in [0.717, 1.165) is 51.9 Å². The van der Waals surface area contributed by atoms with E-state index >= 15 is 0 Å². The first-order valence-corrected chi connectivity index (χ1v) is 13.8. The van der Waals surface area contributed by atoms with E-state index in [0.29, 0.717) is 11.7 Å². The molecule has 5 rings (SSSR count). The second-order valence-corrected chi connectivity index (χ2v) is 12.6. The number of anilines is 1. The van der Waals surface area contributed by atoms with Crippen molar-refractivity contribution < 1.29 is 0 Å². The predicted octanol–water partition coefficient (Wildman–Crippen LogP) is 5.53. The molecule has 0 aromatic carbocycles. The maximum atomic E-state index is 12.9. The number of nitrogens with zero attached hydrogens (tertiary/aromatic N) is 3. The lowest BCUT2D eigenvalue weighted by Gasteiger charge is -2.17. The number of rotatable bonds is 7. The van der Waals surface area contributed by atoms with Gasteiger partial charge in [-0.25, -0.2) is 4.98 Å². The number of thioether (sulfide) groups is 1. The fraction of sp³-hybridized carbons (Fsp3) is 0.429. The minimum absolute atomic E-state index is 0.00676. The molecule has 0 radical (unpaired) electrons. The van der Waals surface area contributed by atoms with Gasteiger partial charge in [0.2, 0.25) is 5.13 Å². The summed E-state index contributed by atoms with van der Waals surface area (Å²) in [5, 5.41) is 15.6. The highest BCUT2D eigenvalue weighted by molar-refractivity contribution is 8.01. The highest BCUT2D eigenvalue weighted by atomic mass is 32.2. The first-order valence-electron chi connectivity index (χ1n) is 10.4. The molecule has 4 heterocycles. The Kier molecular flexibility index (Phi) is 6.14. The molecule has 4 aromatic heterocycles. The third-order valence-electron chi connectivity index (χ3n) is 5.48. The highest BCUT2D eigenvalue weighted by Crippen LogP contribution is 2.39. The molecule has 6 nitrogen and oxygen atoms in total. The number of fused-ring (bicyclic) bond motifs is 3. The van der Waals surface area contributed by atoms with Gasteiger partial charge in [0.1, 0.15) is 10.7 Å². The van der Waals surface area contributed by atoms with Crippen molar-refractivity contribution in [3.05, 3.63) is 49.0 Å². The highest BCUT2D eigenvalue weighted by Gasteiger charge is 2.24. The van der Waals surface area contributed by atoms with Gasteiger partial charge in [-0.05, 0) is 55.5 Å². The molecule has 0 aliphatic heterocycles. The van der Waals surface area contributed by atoms with E-state index in [1.54, 1.807) is 34.4 Å². The van der Waals surface area contributed by atoms with E-state index in [1.807, 2.05) is 0 Å². The summed E-state index contributed by atoms with van der Waals surface area (Å²) in [5.41, 5.74) is 1.22. The van der Waals surface area contributed by atoms with Crippen molar-refractivity contribution in [1.29, 1.82) is 0 Å². The summed E-state index contributed by atoms with van der Waals surface area (Å²) in [5.74, 6) is 1.38. The van der Waals surface area contributed by atoms with Crippen molar-refractivity contribution >= 4 is 61.1 Å². The van der Waals surface area contributed by atoms with Crippen molar-refractivity contribution in [2.24, 2.45) is 5.92 Å². The average Bonchev–Trinajstić information content (AvgIpc) is 3.47. The molecule has 162 valence electrons. The van der Waals surface area contributed by atoms with Gasteiger partial charge in [0.25, 0.3) is 5.56 Å². The number of aromatic nitrogens is 4. The SMILES string of the molecule is C[C@H]1CCc2c(sc3nc([C@@H](C)Sc4nnc(NCCc5cccs5)s4)[nH]c(=O)c23)C1. The summed E-state index contributed by atoms with van der Waals surface area (Å²) >= 11 is 6.58. The Morgan fingerprint density at radius 1 is 1.35 bits per heavy atom. The molecular weight excluding hydrogens is 467 g/mol. The van der Waals surface area contributed by atoms with Crippen LogP contribution in [-0.2, 0) is 19.3 Å². The second-order valence-electron chi connectivity index (χ2n) is 7.87. The molecule has 31 heavy (non-hydrogen) atoms. The summed E-state index contributed by atoms with van der Waals surface area (Å²) in [6.07, 6.45) is 4.17. The Labute approximate surface area is 196 Å². The summed E-state index contributed by atoms with van der Waals surface area (Å²) in [6, 6.07) is 4.22. The normalized spacial score (nSPS) is 17.0. The molecule has 0 unspecified atom stereocenters. The molecule has 2 N–H and O–H groups in total. The van der Waals surface area contributed by atoms with Crippen molar-refractivity contribution in [2.45, 2.75) is 49.1 Å². The molecule has 2 atom stereocenters. The summed E-state index contributed by atoms with van der Waals surface area (Å²) in [6.45, 7) is 5.17. The first kappa shape index (κ1) is 21.1. The van der Waals surface area contributed by atoms with Gasteiger partial charge in [-0.15, -0.1) is 32.9 Å². The number of hydrogen-bond donors (Lipinski definition) is 2. The Morgan fingerprint density at radius 2 is 2.26 bits per heavy atom. The van der Waals surface area contributed by atoms with E-state index in [1.165, 1.54) is 26.7 Å². The van der Waals surface area contributed by atoms with Crippen molar-refractivity contribution in [3.63, 3.8) is 0 Å². The van der Waals surface area contributed by atoms with Crippen LogP contribution < -0.4 is 10.9 Å². The van der Waals surface area contributed by atoms with E-state index in [2.05, 4.69) is 51.9 Å². The number of nitrogens with one attached hydrogen (secondary N) is 2.